The van der Waals surface area contributed by atoms with E-state index in [1.807, 2.05) is 12.1 Å². The molecule has 1 fully saturated rings. The molecule has 0 heterocycles. The van der Waals surface area contributed by atoms with Gasteiger partial charge in [0.15, 0.2) is 0 Å². The third-order valence-corrected chi connectivity index (χ3v) is 4.11. The van der Waals surface area contributed by atoms with Gasteiger partial charge in [0.25, 0.3) is 0 Å². The molecule has 3 N–H and O–H groups in total. The van der Waals surface area contributed by atoms with Gasteiger partial charge in [0.1, 0.15) is 11.8 Å². The number of carbonyl (C=O) groups excluding carboxylic acids is 1. The fourth-order valence-corrected chi connectivity index (χ4v) is 2.78. The number of nitrogens with two attached hydrogens (primary N) is 1. The molecule has 0 bridgehead atoms. The molecule has 5 nitrogen and oxygen atoms in total. The van der Waals surface area contributed by atoms with E-state index < -0.39 is 0 Å². The third kappa shape index (κ3) is 3.96. The molecule has 1 amide bonds. The molecule has 1 aromatic carbocycles. The monoisotopic (exact) mass is 287 g/mol. The highest BCUT2D eigenvalue weighted by Crippen LogP contribution is 2.24. The molecule has 0 aromatic heterocycles. The van der Waals surface area contributed by atoms with Gasteiger partial charge in [-0.1, -0.05) is 6.07 Å². The van der Waals surface area contributed by atoms with Crippen LogP contribution < -0.4 is 15.8 Å². The van der Waals surface area contributed by atoms with Crippen LogP contribution in [-0.2, 0) is 11.3 Å². The van der Waals surface area contributed by atoms with Crippen molar-refractivity contribution in [2.24, 2.45) is 11.7 Å². The van der Waals surface area contributed by atoms with Crippen LogP contribution in [-0.4, -0.2) is 19.1 Å². The average molecular weight is 287 g/mol. The van der Waals surface area contributed by atoms with E-state index in [4.69, 9.17) is 15.7 Å². The predicted octanol–water partition coefficient (Wildman–Crippen LogP) is 1.70. The Kier molecular flexibility index (Phi) is 5.18. The van der Waals surface area contributed by atoms with Gasteiger partial charge in [-0.05, 0) is 43.4 Å². The van der Waals surface area contributed by atoms with Crippen molar-refractivity contribution in [3.8, 4) is 11.8 Å². The van der Waals surface area contributed by atoms with Crippen LogP contribution >= 0.6 is 0 Å². The average Bonchev–Trinajstić information content (AvgIpc) is 2.52. The first-order valence-corrected chi connectivity index (χ1v) is 7.23. The number of rotatable bonds is 5. The molecule has 21 heavy (non-hydrogen) atoms. The first kappa shape index (κ1) is 15.3. The minimum atomic E-state index is -0.176. The second-order valence-corrected chi connectivity index (χ2v) is 5.48. The number of ether oxygens (including phenoxy) is 1. The van der Waals surface area contributed by atoms with Crippen molar-refractivity contribution in [1.29, 1.82) is 5.26 Å². The van der Waals surface area contributed by atoms with E-state index in [0.29, 0.717) is 17.4 Å². The normalized spacial score (nSPS) is 21.5. The molecule has 0 atom stereocenters. The molecule has 0 aliphatic heterocycles. The zero-order chi connectivity index (χ0) is 15.2. The fraction of sp³-hybridized carbons (Fsp3) is 0.500. The lowest BCUT2D eigenvalue weighted by atomic mass is 9.85. The molecular weight excluding hydrogens is 266 g/mol. The predicted molar refractivity (Wildman–Crippen MR) is 79.5 cm³/mol. The summed E-state index contributed by atoms with van der Waals surface area (Å²) < 4.78 is 5.21. The van der Waals surface area contributed by atoms with Crippen LogP contribution in [0.5, 0.6) is 5.75 Å². The van der Waals surface area contributed by atoms with Crippen molar-refractivity contribution < 1.29 is 9.53 Å². The molecule has 5 heteroatoms. The van der Waals surface area contributed by atoms with Crippen LogP contribution in [0.1, 0.15) is 36.8 Å². The van der Waals surface area contributed by atoms with Crippen molar-refractivity contribution in [3.05, 3.63) is 29.3 Å². The lowest BCUT2D eigenvalue weighted by Crippen LogP contribution is -2.36. The summed E-state index contributed by atoms with van der Waals surface area (Å²) in [7, 11) is 1.57. The maximum absolute atomic E-state index is 11.1. The Morgan fingerprint density at radius 1 is 1.43 bits per heavy atom. The van der Waals surface area contributed by atoms with Crippen molar-refractivity contribution in [2.45, 2.75) is 38.3 Å². The van der Waals surface area contributed by atoms with E-state index >= 15 is 0 Å². The first-order valence-electron chi connectivity index (χ1n) is 7.23. The van der Waals surface area contributed by atoms with Gasteiger partial charge in [-0.25, -0.2) is 0 Å². The van der Waals surface area contributed by atoms with Gasteiger partial charge in [-0.2, -0.15) is 5.26 Å². The van der Waals surface area contributed by atoms with Crippen LogP contribution in [0, 0.1) is 17.2 Å². The Balaban J connectivity index is 1.87. The van der Waals surface area contributed by atoms with E-state index in [9.17, 15) is 4.79 Å². The largest absolute Gasteiger partial charge is 0.495 e. The van der Waals surface area contributed by atoms with Gasteiger partial charge < -0.3 is 15.8 Å². The number of primary amides is 1. The van der Waals surface area contributed by atoms with Gasteiger partial charge >= 0.3 is 0 Å². The summed E-state index contributed by atoms with van der Waals surface area (Å²) in [5, 5.41) is 12.5. The number of hydrogen-bond donors (Lipinski definition) is 2. The highest BCUT2D eigenvalue weighted by molar-refractivity contribution is 5.76. The molecule has 0 radical (unpaired) electrons. The lowest BCUT2D eigenvalue weighted by molar-refractivity contribution is -0.122. The highest BCUT2D eigenvalue weighted by Gasteiger charge is 2.24. The fourth-order valence-electron chi connectivity index (χ4n) is 2.78. The van der Waals surface area contributed by atoms with Gasteiger partial charge in [0.05, 0.1) is 12.7 Å². The number of methoxy groups -OCH3 is 1. The standard InChI is InChI=1S/C16H21N3O2/c1-21-15-8-11(2-3-13(15)9-17)10-19-14-6-4-12(5-7-14)16(18)20/h2-3,8,12,14,19H,4-7,10H2,1H3,(H2,18,20). The SMILES string of the molecule is COc1cc(CNC2CCC(C(N)=O)CC2)ccc1C#N. The van der Waals surface area contributed by atoms with Crippen molar-refractivity contribution >= 4 is 5.91 Å². The van der Waals surface area contributed by atoms with Crippen molar-refractivity contribution in [2.75, 3.05) is 7.11 Å². The third-order valence-electron chi connectivity index (χ3n) is 4.11. The Labute approximate surface area is 125 Å². The lowest BCUT2D eigenvalue weighted by Gasteiger charge is -2.27. The summed E-state index contributed by atoms with van der Waals surface area (Å²) >= 11 is 0. The Morgan fingerprint density at radius 2 is 2.14 bits per heavy atom. The molecule has 1 aromatic rings. The van der Waals surface area contributed by atoms with Crippen LogP contribution in [0.15, 0.2) is 18.2 Å². The topological polar surface area (TPSA) is 88.1 Å². The molecule has 112 valence electrons. The van der Waals surface area contributed by atoms with Crippen molar-refractivity contribution in [3.63, 3.8) is 0 Å². The Bertz CT molecular complexity index is 543. The zero-order valence-electron chi connectivity index (χ0n) is 12.3. The van der Waals surface area contributed by atoms with Crippen LogP contribution in [0.4, 0.5) is 0 Å². The van der Waals surface area contributed by atoms with Gasteiger partial charge in [0.2, 0.25) is 5.91 Å². The maximum atomic E-state index is 11.1. The van der Waals surface area contributed by atoms with Crippen LogP contribution in [0.3, 0.4) is 0 Å². The molecular formula is C16H21N3O2. The van der Waals surface area contributed by atoms with E-state index in [2.05, 4.69) is 11.4 Å². The minimum Gasteiger partial charge on any atom is -0.495 e. The summed E-state index contributed by atoms with van der Waals surface area (Å²) in [6.07, 6.45) is 3.68. The number of nitrogens with zero attached hydrogens (tertiary/aromatic N) is 1. The van der Waals surface area contributed by atoms with Gasteiger partial charge in [-0.3, -0.25) is 4.79 Å². The van der Waals surface area contributed by atoms with E-state index in [0.717, 1.165) is 37.8 Å². The van der Waals surface area contributed by atoms with Crippen LogP contribution in [0.2, 0.25) is 0 Å². The zero-order valence-corrected chi connectivity index (χ0v) is 12.3. The summed E-state index contributed by atoms with van der Waals surface area (Å²) in [6, 6.07) is 8.12. The van der Waals surface area contributed by atoms with E-state index in [1.165, 1.54) is 0 Å². The molecule has 0 spiro atoms. The molecule has 1 saturated carbocycles. The summed E-state index contributed by atoms with van der Waals surface area (Å²) in [5.41, 5.74) is 6.97. The summed E-state index contributed by atoms with van der Waals surface area (Å²) in [6.45, 7) is 0.730. The highest BCUT2D eigenvalue weighted by atomic mass is 16.5. The van der Waals surface area contributed by atoms with Gasteiger partial charge in [0, 0.05) is 18.5 Å². The smallest absolute Gasteiger partial charge is 0.220 e. The quantitative estimate of drug-likeness (QED) is 0.862. The second kappa shape index (κ2) is 7.09. The molecule has 0 unspecified atom stereocenters. The number of benzene rings is 1. The van der Waals surface area contributed by atoms with E-state index in [-0.39, 0.29) is 11.8 Å². The molecule has 2 rings (SSSR count). The van der Waals surface area contributed by atoms with Crippen LogP contribution in [0.25, 0.3) is 0 Å². The Hall–Kier alpha value is -2.06. The molecule has 1 aliphatic carbocycles. The summed E-state index contributed by atoms with van der Waals surface area (Å²) in [4.78, 5) is 11.1. The number of amides is 1. The molecule has 1 aliphatic rings. The summed E-state index contributed by atoms with van der Waals surface area (Å²) in [5.74, 6) is 0.470. The number of nitrogens with one attached hydrogen (secondary N) is 1. The first-order chi connectivity index (χ1) is 10.1. The van der Waals surface area contributed by atoms with Gasteiger partial charge in [-0.15, -0.1) is 0 Å². The maximum Gasteiger partial charge on any atom is 0.220 e. The molecule has 0 saturated heterocycles. The van der Waals surface area contributed by atoms with E-state index in [1.54, 1.807) is 13.2 Å². The number of carbonyl (C=O) groups is 1. The van der Waals surface area contributed by atoms with Crippen molar-refractivity contribution in [1.82, 2.24) is 5.32 Å². The number of hydrogen-bond acceptors (Lipinski definition) is 4. The minimum absolute atomic E-state index is 0.0399. The second-order valence-electron chi connectivity index (χ2n) is 5.48. The number of nitriles is 1. The Morgan fingerprint density at radius 3 is 2.71 bits per heavy atom.